The molecule has 2 atom stereocenters. The Labute approximate surface area is 195 Å². The number of anilines is 1. The lowest BCUT2D eigenvalue weighted by Crippen LogP contribution is -2.55. The van der Waals surface area contributed by atoms with E-state index in [1.165, 1.54) is 21.3 Å². The van der Waals surface area contributed by atoms with Crippen LogP contribution in [0.1, 0.15) is 26.2 Å². The van der Waals surface area contributed by atoms with E-state index < -0.39 is 16.1 Å². The summed E-state index contributed by atoms with van der Waals surface area (Å²) < 4.78 is 27.8. The molecule has 4 rings (SSSR count). The predicted octanol–water partition coefficient (Wildman–Crippen LogP) is 2.62. The molecule has 0 spiro atoms. The lowest BCUT2D eigenvalue weighted by Gasteiger charge is -2.39. The normalized spacial score (nSPS) is 21.9. The molecule has 1 aromatic heterocycles. The molecule has 0 saturated carbocycles. The molecule has 2 fully saturated rings. The van der Waals surface area contributed by atoms with Crippen LogP contribution in [-0.2, 0) is 14.8 Å². The highest BCUT2D eigenvalue weighted by Gasteiger charge is 2.38. The summed E-state index contributed by atoms with van der Waals surface area (Å²) in [5, 5.41) is 4.80. The second-order valence-electron chi connectivity index (χ2n) is 8.51. The number of hydrogen-bond donors (Lipinski definition) is 1. The maximum atomic E-state index is 13.0. The molecule has 0 bridgehead atoms. The van der Waals surface area contributed by atoms with Crippen molar-refractivity contribution >= 4 is 33.0 Å². The average molecular weight is 477 g/mol. The number of nitrogens with zero attached hydrogens (tertiary/aromatic N) is 3. The van der Waals surface area contributed by atoms with Crippen molar-refractivity contribution in [2.45, 2.75) is 42.5 Å². The summed E-state index contributed by atoms with van der Waals surface area (Å²) in [6, 6.07) is 13.3. The Balaban J connectivity index is 1.31. The summed E-state index contributed by atoms with van der Waals surface area (Å²) in [5.74, 6) is -0.181. The number of amides is 1. The van der Waals surface area contributed by atoms with Gasteiger partial charge >= 0.3 is 0 Å². The molecule has 1 amide bonds. The smallest absolute Gasteiger partial charge is 0.253 e. The lowest BCUT2D eigenvalue weighted by molar-refractivity contribution is -0.125. The van der Waals surface area contributed by atoms with Gasteiger partial charge in [-0.15, -0.1) is 11.3 Å². The average Bonchev–Trinajstić information content (AvgIpc) is 3.39. The van der Waals surface area contributed by atoms with Crippen LogP contribution < -0.4 is 10.2 Å². The summed E-state index contributed by atoms with van der Waals surface area (Å²) >= 11 is 1.20. The van der Waals surface area contributed by atoms with Crippen LogP contribution in [-0.4, -0.2) is 74.9 Å². The third kappa shape index (κ3) is 5.17. The lowest BCUT2D eigenvalue weighted by atomic mass is 10.0. The highest BCUT2D eigenvalue weighted by Crippen LogP contribution is 2.28. The molecule has 1 aromatic carbocycles. The maximum absolute atomic E-state index is 13.0. The molecule has 9 heteroatoms. The zero-order chi connectivity index (χ0) is 22.6. The molecule has 2 aliphatic heterocycles. The summed E-state index contributed by atoms with van der Waals surface area (Å²) in [7, 11) is -3.63. The monoisotopic (exact) mass is 476 g/mol. The fourth-order valence-electron chi connectivity index (χ4n) is 4.54. The first-order valence-electron chi connectivity index (χ1n) is 11.3. The van der Waals surface area contributed by atoms with Crippen molar-refractivity contribution in [1.29, 1.82) is 0 Å². The van der Waals surface area contributed by atoms with Crippen LogP contribution in [0.25, 0.3) is 0 Å². The molecule has 2 unspecified atom stereocenters. The number of piperidine rings is 1. The number of nitrogens with one attached hydrogen (secondary N) is 1. The van der Waals surface area contributed by atoms with E-state index in [1.54, 1.807) is 17.5 Å². The van der Waals surface area contributed by atoms with Gasteiger partial charge in [-0.3, -0.25) is 9.69 Å². The fourth-order valence-corrected chi connectivity index (χ4v) is 7.31. The van der Waals surface area contributed by atoms with Crippen LogP contribution >= 0.6 is 11.3 Å². The van der Waals surface area contributed by atoms with Crippen molar-refractivity contribution in [2.24, 2.45) is 0 Å². The number of hydrogen-bond acceptors (Lipinski definition) is 6. The van der Waals surface area contributed by atoms with Gasteiger partial charge in [-0.1, -0.05) is 30.7 Å². The van der Waals surface area contributed by atoms with Crippen LogP contribution in [0.2, 0.25) is 0 Å². The van der Waals surface area contributed by atoms with Crippen LogP contribution in [0.5, 0.6) is 0 Å². The SMILES string of the molecule is CC(CNC(=O)C1CCCCN1S(=O)(=O)c1cccs1)N1CCN(c2ccccc2)CC1. The summed E-state index contributed by atoms with van der Waals surface area (Å²) in [5.41, 5.74) is 1.25. The van der Waals surface area contributed by atoms with Gasteiger partial charge in [0.25, 0.3) is 10.0 Å². The van der Waals surface area contributed by atoms with Crippen molar-refractivity contribution in [2.75, 3.05) is 44.2 Å². The molecule has 7 nitrogen and oxygen atoms in total. The van der Waals surface area contributed by atoms with Crippen molar-refractivity contribution in [3.05, 3.63) is 47.8 Å². The standard InChI is InChI=1S/C23H32N4O3S2/c1-19(25-13-15-26(16-14-25)20-8-3-2-4-9-20)18-24-23(28)21-10-5-6-12-27(21)32(29,30)22-11-7-17-31-22/h2-4,7-9,11,17,19,21H,5-6,10,12-16,18H2,1H3,(H,24,28). The minimum Gasteiger partial charge on any atom is -0.369 e. The Hall–Kier alpha value is -1.94. The molecule has 32 heavy (non-hydrogen) atoms. The Morgan fingerprint density at radius 1 is 1.06 bits per heavy atom. The van der Waals surface area contributed by atoms with Crippen LogP contribution in [0.3, 0.4) is 0 Å². The van der Waals surface area contributed by atoms with Crippen molar-refractivity contribution in [1.82, 2.24) is 14.5 Å². The van der Waals surface area contributed by atoms with Gasteiger partial charge in [0.05, 0.1) is 0 Å². The molecule has 3 heterocycles. The second kappa shape index (κ2) is 10.3. The van der Waals surface area contributed by atoms with Crippen LogP contribution in [0.15, 0.2) is 52.1 Å². The summed E-state index contributed by atoms with van der Waals surface area (Å²) in [6.07, 6.45) is 2.22. The molecule has 0 radical (unpaired) electrons. The topological polar surface area (TPSA) is 73.0 Å². The van der Waals surface area contributed by atoms with Gasteiger partial charge in [0, 0.05) is 51.0 Å². The van der Waals surface area contributed by atoms with Gasteiger partial charge in [0.1, 0.15) is 10.3 Å². The Morgan fingerprint density at radius 3 is 2.50 bits per heavy atom. The first-order chi connectivity index (χ1) is 15.5. The Bertz CT molecular complexity index is 974. The van der Waals surface area contributed by atoms with Gasteiger partial charge < -0.3 is 10.2 Å². The highest BCUT2D eigenvalue weighted by atomic mass is 32.2. The van der Waals surface area contributed by atoms with E-state index >= 15 is 0 Å². The van der Waals surface area contributed by atoms with Crippen molar-refractivity contribution in [3.8, 4) is 0 Å². The Morgan fingerprint density at radius 2 is 1.81 bits per heavy atom. The highest BCUT2D eigenvalue weighted by molar-refractivity contribution is 7.91. The number of thiophene rings is 1. The maximum Gasteiger partial charge on any atom is 0.253 e. The number of rotatable bonds is 7. The molecule has 2 saturated heterocycles. The zero-order valence-electron chi connectivity index (χ0n) is 18.5. The molecule has 1 N–H and O–H groups in total. The quantitative estimate of drug-likeness (QED) is 0.665. The number of para-hydroxylation sites is 1. The van der Waals surface area contributed by atoms with Crippen molar-refractivity contribution < 1.29 is 13.2 Å². The first kappa shape index (κ1) is 23.2. The third-order valence-electron chi connectivity index (χ3n) is 6.45. The minimum absolute atomic E-state index is 0.181. The van der Waals surface area contributed by atoms with Gasteiger partial charge in [-0.2, -0.15) is 4.31 Å². The van der Waals surface area contributed by atoms with Gasteiger partial charge in [-0.25, -0.2) is 8.42 Å². The zero-order valence-corrected chi connectivity index (χ0v) is 20.2. The fraction of sp³-hybridized carbons (Fsp3) is 0.522. The van der Waals surface area contributed by atoms with E-state index in [2.05, 4.69) is 46.3 Å². The number of benzene rings is 1. The predicted molar refractivity (Wildman–Crippen MR) is 129 cm³/mol. The van der Waals surface area contributed by atoms with E-state index in [0.717, 1.165) is 39.0 Å². The largest absolute Gasteiger partial charge is 0.369 e. The van der Waals surface area contributed by atoms with E-state index in [-0.39, 0.29) is 11.9 Å². The van der Waals surface area contributed by atoms with E-state index in [1.807, 2.05) is 6.07 Å². The number of carbonyl (C=O) groups is 1. The van der Waals surface area contributed by atoms with E-state index in [0.29, 0.717) is 23.7 Å². The van der Waals surface area contributed by atoms with Crippen LogP contribution in [0.4, 0.5) is 5.69 Å². The summed E-state index contributed by atoms with van der Waals surface area (Å²) in [6.45, 7) is 6.83. The van der Waals surface area contributed by atoms with Gasteiger partial charge in [0.2, 0.25) is 5.91 Å². The molecule has 2 aliphatic rings. The third-order valence-corrected chi connectivity index (χ3v) is 9.73. The van der Waals surface area contributed by atoms with E-state index in [4.69, 9.17) is 0 Å². The van der Waals surface area contributed by atoms with Crippen LogP contribution in [0, 0.1) is 0 Å². The minimum atomic E-state index is -3.63. The molecular formula is C23H32N4O3S2. The molecule has 2 aromatic rings. The van der Waals surface area contributed by atoms with Gasteiger partial charge in [-0.05, 0) is 43.3 Å². The number of sulfonamides is 1. The second-order valence-corrected chi connectivity index (χ2v) is 11.6. The van der Waals surface area contributed by atoms with Gasteiger partial charge in [0.15, 0.2) is 0 Å². The molecule has 174 valence electrons. The molecule has 0 aliphatic carbocycles. The molecular weight excluding hydrogens is 444 g/mol. The van der Waals surface area contributed by atoms with E-state index in [9.17, 15) is 13.2 Å². The number of piperazine rings is 1. The number of carbonyl (C=O) groups excluding carboxylic acids is 1. The first-order valence-corrected chi connectivity index (χ1v) is 13.7. The summed E-state index contributed by atoms with van der Waals surface area (Å²) in [4.78, 5) is 17.8. The Kier molecular flexibility index (Phi) is 7.50. The van der Waals surface area contributed by atoms with Crippen molar-refractivity contribution in [3.63, 3.8) is 0 Å².